The van der Waals surface area contributed by atoms with Gasteiger partial charge in [0, 0.05) is 12.3 Å². The molecule has 0 N–H and O–H groups in total. The van der Waals surface area contributed by atoms with Gasteiger partial charge in [-0.1, -0.05) is 47.5 Å². The first kappa shape index (κ1) is 13.7. The van der Waals surface area contributed by atoms with Gasteiger partial charge in [0.1, 0.15) is 5.78 Å². The standard InChI is InChI=1S/C13H26O/c1-6-7-11(4)8-12(5)9-13(14)10(2)3/h10-12H,6-9H2,1-5H3. The molecule has 14 heavy (non-hydrogen) atoms. The van der Waals surface area contributed by atoms with Crippen LogP contribution in [0.3, 0.4) is 0 Å². The van der Waals surface area contributed by atoms with Gasteiger partial charge in [-0.15, -0.1) is 0 Å². The normalized spacial score (nSPS) is 15.6. The first-order valence-corrected chi connectivity index (χ1v) is 6.00. The van der Waals surface area contributed by atoms with Crippen LogP contribution in [0.5, 0.6) is 0 Å². The van der Waals surface area contributed by atoms with Gasteiger partial charge in [0.2, 0.25) is 0 Å². The zero-order chi connectivity index (χ0) is 11.1. The third-order valence-electron chi connectivity index (χ3n) is 2.78. The Balaban J connectivity index is 3.74. The molecular weight excluding hydrogens is 172 g/mol. The van der Waals surface area contributed by atoms with Crippen molar-refractivity contribution in [3.63, 3.8) is 0 Å². The van der Waals surface area contributed by atoms with E-state index < -0.39 is 0 Å². The highest BCUT2D eigenvalue weighted by molar-refractivity contribution is 5.80. The average Bonchev–Trinajstić information content (AvgIpc) is 2.03. The Kier molecular flexibility index (Phi) is 6.86. The van der Waals surface area contributed by atoms with Crippen molar-refractivity contribution in [3.8, 4) is 0 Å². The van der Waals surface area contributed by atoms with E-state index >= 15 is 0 Å². The zero-order valence-corrected chi connectivity index (χ0v) is 10.5. The highest BCUT2D eigenvalue weighted by Gasteiger charge is 2.14. The number of Topliss-reactive ketones (excluding diaryl/α,β-unsaturated/α-hetero) is 1. The molecule has 0 saturated heterocycles. The van der Waals surface area contributed by atoms with Crippen LogP contribution in [-0.2, 0) is 4.79 Å². The fourth-order valence-corrected chi connectivity index (χ4v) is 1.96. The number of ketones is 1. The fourth-order valence-electron chi connectivity index (χ4n) is 1.96. The smallest absolute Gasteiger partial charge is 0.135 e. The lowest BCUT2D eigenvalue weighted by Crippen LogP contribution is -2.13. The monoisotopic (exact) mass is 198 g/mol. The van der Waals surface area contributed by atoms with Gasteiger partial charge in [-0.05, 0) is 18.3 Å². The minimum Gasteiger partial charge on any atom is -0.299 e. The number of carbonyl (C=O) groups is 1. The number of rotatable bonds is 7. The van der Waals surface area contributed by atoms with Crippen LogP contribution in [0.1, 0.15) is 60.3 Å². The molecule has 0 radical (unpaired) electrons. The van der Waals surface area contributed by atoms with Crippen LogP contribution in [0.15, 0.2) is 0 Å². The summed E-state index contributed by atoms with van der Waals surface area (Å²) in [5.74, 6) is 1.96. The summed E-state index contributed by atoms with van der Waals surface area (Å²) in [6.07, 6.45) is 4.52. The molecular formula is C13H26O. The van der Waals surface area contributed by atoms with Gasteiger partial charge in [0.05, 0.1) is 0 Å². The van der Waals surface area contributed by atoms with Crippen LogP contribution in [0.4, 0.5) is 0 Å². The molecule has 0 saturated carbocycles. The molecule has 0 rings (SSSR count). The van der Waals surface area contributed by atoms with Crippen molar-refractivity contribution in [3.05, 3.63) is 0 Å². The minimum absolute atomic E-state index is 0.207. The maximum atomic E-state index is 11.5. The second-order valence-corrected chi connectivity index (χ2v) is 5.06. The van der Waals surface area contributed by atoms with Crippen LogP contribution in [-0.4, -0.2) is 5.78 Å². The van der Waals surface area contributed by atoms with Crippen LogP contribution in [0.25, 0.3) is 0 Å². The molecule has 1 heteroatoms. The van der Waals surface area contributed by atoms with E-state index in [0.717, 1.165) is 12.3 Å². The van der Waals surface area contributed by atoms with E-state index in [4.69, 9.17) is 0 Å². The Hall–Kier alpha value is -0.330. The quantitative estimate of drug-likeness (QED) is 0.603. The average molecular weight is 198 g/mol. The highest BCUT2D eigenvalue weighted by atomic mass is 16.1. The number of carbonyl (C=O) groups excluding carboxylic acids is 1. The number of hydrogen-bond donors (Lipinski definition) is 0. The molecule has 84 valence electrons. The van der Waals surface area contributed by atoms with Gasteiger partial charge in [-0.3, -0.25) is 4.79 Å². The Bertz CT molecular complexity index is 161. The molecule has 0 aliphatic rings. The van der Waals surface area contributed by atoms with E-state index in [9.17, 15) is 4.79 Å². The highest BCUT2D eigenvalue weighted by Crippen LogP contribution is 2.20. The Labute approximate surface area is 89.3 Å². The molecule has 2 atom stereocenters. The van der Waals surface area contributed by atoms with Crippen LogP contribution in [0.2, 0.25) is 0 Å². The van der Waals surface area contributed by atoms with Crippen molar-refractivity contribution >= 4 is 5.78 Å². The van der Waals surface area contributed by atoms with Gasteiger partial charge < -0.3 is 0 Å². The van der Waals surface area contributed by atoms with Crippen LogP contribution >= 0.6 is 0 Å². The second-order valence-electron chi connectivity index (χ2n) is 5.06. The van der Waals surface area contributed by atoms with Gasteiger partial charge in [-0.25, -0.2) is 0 Å². The van der Waals surface area contributed by atoms with Crippen LogP contribution < -0.4 is 0 Å². The summed E-state index contributed by atoms with van der Waals surface area (Å²) < 4.78 is 0. The lowest BCUT2D eigenvalue weighted by molar-refractivity contribution is -0.122. The van der Waals surface area contributed by atoms with E-state index in [-0.39, 0.29) is 5.92 Å². The summed E-state index contributed by atoms with van der Waals surface area (Å²) in [4.78, 5) is 11.5. The van der Waals surface area contributed by atoms with Gasteiger partial charge in [0.15, 0.2) is 0 Å². The fraction of sp³-hybridized carbons (Fsp3) is 0.923. The zero-order valence-electron chi connectivity index (χ0n) is 10.5. The molecule has 0 fully saturated rings. The van der Waals surface area contributed by atoms with E-state index in [0.29, 0.717) is 11.7 Å². The summed E-state index contributed by atoms with van der Waals surface area (Å²) in [6, 6.07) is 0. The third-order valence-corrected chi connectivity index (χ3v) is 2.78. The van der Waals surface area contributed by atoms with Gasteiger partial charge in [0.25, 0.3) is 0 Å². The first-order valence-electron chi connectivity index (χ1n) is 6.00. The van der Waals surface area contributed by atoms with Gasteiger partial charge >= 0.3 is 0 Å². The van der Waals surface area contributed by atoms with Crippen molar-refractivity contribution in [2.45, 2.75) is 60.3 Å². The maximum Gasteiger partial charge on any atom is 0.135 e. The molecule has 0 amide bonds. The molecule has 0 aliphatic heterocycles. The second kappa shape index (κ2) is 7.03. The van der Waals surface area contributed by atoms with E-state index in [1.807, 2.05) is 13.8 Å². The van der Waals surface area contributed by atoms with Crippen LogP contribution in [0, 0.1) is 17.8 Å². The molecule has 0 aromatic heterocycles. The Morgan fingerprint density at radius 3 is 2.07 bits per heavy atom. The van der Waals surface area contributed by atoms with E-state index in [1.54, 1.807) is 0 Å². The third kappa shape index (κ3) is 6.17. The Morgan fingerprint density at radius 2 is 1.64 bits per heavy atom. The topological polar surface area (TPSA) is 17.1 Å². The summed E-state index contributed by atoms with van der Waals surface area (Å²) in [5, 5.41) is 0. The number of hydrogen-bond acceptors (Lipinski definition) is 1. The minimum atomic E-state index is 0.207. The Morgan fingerprint density at radius 1 is 1.07 bits per heavy atom. The molecule has 0 spiro atoms. The predicted molar refractivity (Wildman–Crippen MR) is 62.3 cm³/mol. The lowest BCUT2D eigenvalue weighted by atomic mass is 9.88. The lowest BCUT2D eigenvalue weighted by Gasteiger charge is -2.16. The van der Waals surface area contributed by atoms with Crippen molar-refractivity contribution < 1.29 is 4.79 Å². The molecule has 0 heterocycles. The van der Waals surface area contributed by atoms with E-state index in [2.05, 4.69) is 20.8 Å². The van der Waals surface area contributed by atoms with Crippen molar-refractivity contribution in [2.24, 2.45) is 17.8 Å². The van der Waals surface area contributed by atoms with Gasteiger partial charge in [-0.2, -0.15) is 0 Å². The van der Waals surface area contributed by atoms with E-state index in [1.165, 1.54) is 19.3 Å². The largest absolute Gasteiger partial charge is 0.299 e. The molecule has 2 unspecified atom stereocenters. The summed E-state index contributed by atoms with van der Waals surface area (Å²) in [6.45, 7) is 10.7. The molecule has 0 aromatic carbocycles. The predicted octanol–water partition coefficient (Wildman–Crippen LogP) is 4.06. The summed E-state index contributed by atoms with van der Waals surface area (Å²) >= 11 is 0. The van der Waals surface area contributed by atoms with Crippen molar-refractivity contribution in [1.29, 1.82) is 0 Å². The first-order chi connectivity index (χ1) is 6.47. The van der Waals surface area contributed by atoms with Crippen molar-refractivity contribution in [2.75, 3.05) is 0 Å². The maximum absolute atomic E-state index is 11.5. The summed E-state index contributed by atoms with van der Waals surface area (Å²) in [7, 11) is 0. The molecule has 0 aliphatic carbocycles. The molecule has 0 bridgehead atoms. The summed E-state index contributed by atoms with van der Waals surface area (Å²) in [5.41, 5.74) is 0. The SMILES string of the molecule is CCCC(C)CC(C)CC(=O)C(C)C. The molecule has 0 aromatic rings. The molecule has 1 nitrogen and oxygen atoms in total. The van der Waals surface area contributed by atoms with Crippen molar-refractivity contribution in [1.82, 2.24) is 0 Å².